The van der Waals surface area contributed by atoms with Crippen LogP contribution in [0.3, 0.4) is 0 Å². The van der Waals surface area contributed by atoms with Crippen molar-refractivity contribution in [3.05, 3.63) is 106 Å². The van der Waals surface area contributed by atoms with Crippen LogP contribution in [0.1, 0.15) is 36.4 Å². The molecular weight excluding hydrogens is 611 g/mol. The number of carbonyl (C=O) groups is 3. The van der Waals surface area contributed by atoms with Gasteiger partial charge in [-0.05, 0) is 42.0 Å². The Hall–Kier alpha value is -5.27. The van der Waals surface area contributed by atoms with Crippen molar-refractivity contribution < 1.29 is 36.3 Å². The number of carbonyl (C=O) groups excluding carboxylic acids is 3. The molecule has 4 aliphatic rings. The number of amides is 3. The summed E-state index contributed by atoms with van der Waals surface area (Å²) in [5.74, 6) is -15.2. The Kier molecular flexibility index (Phi) is 7.21. The van der Waals surface area contributed by atoms with Gasteiger partial charge in [0.25, 0.3) is 17.7 Å². The number of hydrogen-bond acceptors (Lipinski definition) is 7. The number of hydrogen-bond donors (Lipinski definition) is 0. The van der Waals surface area contributed by atoms with E-state index in [-0.39, 0.29) is 10.8 Å². The lowest BCUT2D eigenvalue weighted by atomic mass is 9.77. The lowest BCUT2D eigenvalue weighted by Crippen LogP contribution is -2.45. The van der Waals surface area contributed by atoms with Crippen LogP contribution in [0.2, 0.25) is 0 Å². The van der Waals surface area contributed by atoms with Gasteiger partial charge in [-0.25, -0.2) is 31.9 Å². The molecule has 3 aromatic rings. The molecule has 46 heavy (non-hydrogen) atoms. The Morgan fingerprint density at radius 1 is 0.826 bits per heavy atom. The number of hydrazone groups is 1. The molecule has 0 radical (unpaired) electrons. The highest BCUT2D eigenvalue weighted by Gasteiger charge is 2.57. The number of imide groups is 1. The van der Waals surface area contributed by atoms with Gasteiger partial charge in [0.15, 0.2) is 35.4 Å². The molecule has 0 aromatic heterocycles. The number of benzene rings is 3. The van der Waals surface area contributed by atoms with Crippen molar-refractivity contribution in [2.24, 2.45) is 21.4 Å². The molecule has 2 fully saturated rings. The van der Waals surface area contributed by atoms with Gasteiger partial charge in [0.05, 0.1) is 11.8 Å². The molecule has 9 nitrogen and oxygen atoms in total. The van der Waals surface area contributed by atoms with Crippen molar-refractivity contribution in [3.8, 4) is 0 Å². The third-order valence-electron chi connectivity index (χ3n) is 8.60. The smallest absolute Gasteiger partial charge is 0.264 e. The van der Waals surface area contributed by atoms with Gasteiger partial charge < -0.3 is 0 Å². The zero-order chi connectivity index (χ0) is 32.3. The highest BCUT2D eigenvalue weighted by Crippen LogP contribution is 2.45. The molecule has 0 spiro atoms. The summed E-state index contributed by atoms with van der Waals surface area (Å²) in [6.45, 7) is -0.612. The van der Waals surface area contributed by atoms with Crippen LogP contribution in [0, 0.1) is 35.0 Å². The summed E-state index contributed by atoms with van der Waals surface area (Å²) >= 11 is 0. The second kappa shape index (κ2) is 11.3. The van der Waals surface area contributed by atoms with Crippen molar-refractivity contribution in [2.45, 2.75) is 37.4 Å². The molecule has 3 aliphatic heterocycles. The zero-order valence-electron chi connectivity index (χ0n) is 23.8. The zero-order valence-corrected chi connectivity index (χ0v) is 23.8. The van der Waals surface area contributed by atoms with Gasteiger partial charge in [-0.2, -0.15) is 10.2 Å². The van der Waals surface area contributed by atoms with Crippen molar-refractivity contribution >= 4 is 35.2 Å². The number of allylic oxidation sites excluding steroid dienone is 1. The number of anilines is 1. The third-order valence-corrected chi connectivity index (χ3v) is 8.60. The van der Waals surface area contributed by atoms with Crippen LogP contribution in [0.5, 0.6) is 0 Å². The van der Waals surface area contributed by atoms with Crippen molar-refractivity contribution in [2.75, 3.05) is 11.4 Å². The Bertz CT molecular complexity index is 1840. The van der Waals surface area contributed by atoms with Gasteiger partial charge in [-0.15, -0.1) is 0 Å². The highest BCUT2D eigenvalue weighted by atomic mass is 19.2. The Morgan fingerprint density at radius 2 is 1.46 bits per heavy atom. The normalized spacial score (nSPS) is 24.6. The first kappa shape index (κ1) is 29.4. The van der Waals surface area contributed by atoms with Gasteiger partial charge in [0.1, 0.15) is 12.2 Å². The molecule has 234 valence electrons. The summed E-state index contributed by atoms with van der Waals surface area (Å²) in [5.41, 5.74) is 1.83. The van der Waals surface area contributed by atoms with E-state index in [1.54, 1.807) is 0 Å². The monoisotopic (exact) mass is 634 g/mol. The number of rotatable bonds is 5. The van der Waals surface area contributed by atoms with Crippen LogP contribution in [0.4, 0.5) is 27.6 Å². The molecular formula is C32H23F5N6O3. The van der Waals surface area contributed by atoms with Crippen LogP contribution in [-0.4, -0.2) is 52.1 Å². The van der Waals surface area contributed by atoms with E-state index < -0.39 is 77.2 Å². The Morgan fingerprint density at radius 3 is 2.13 bits per heavy atom. The van der Waals surface area contributed by atoms with Crippen molar-refractivity contribution in [1.82, 2.24) is 10.0 Å². The Balaban J connectivity index is 1.20. The summed E-state index contributed by atoms with van der Waals surface area (Å²) in [6.07, 6.45) is 4.41. The van der Waals surface area contributed by atoms with E-state index in [0.717, 1.165) is 46.7 Å². The lowest BCUT2D eigenvalue weighted by Gasteiger charge is -2.30. The summed E-state index contributed by atoms with van der Waals surface area (Å²) in [7, 11) is 0. The summed E-state index contributed by atoms with van der Waals surface area (Å²) < 4.78 is 70.7. The van der Waals surface area contributed by atoms with E-state index in [0.29, 0.717) is 0 Å². The quantitative estimate of drug-likeness (QED) is 0.160. The summed E-state index contributed by atoms with van der Waals surface area (Å²) in [6, 6.07) is 15.2. The first-order chi connectivity index (χ1) is 22.2. The molecule has 3 heterocycles. The first-order valence-corrected chi connectivity index (χ1v) is 14.5. The minimum absolute atomic E-state index is 0.126. The average molecular weight is 635 g/mol. The van der Waals surface area contributed by atoms with Crippen molar-refractivity contribution in [1.29, 1.82) is 0 Å². The molecule has 0 bridgehead atoms. The van der Waals surface area contributed by atoms with Crippen molar-refractivity contribution in [3.63, 3.8) is 0 Å². The highest BCUT2D eigenvalue weighted by molar-refractivity contribution is 6.25. The second-order valence-electron chi connectivity index (χ2n) is 11.3. The minimum atomic E-state index is -2.44. The van der Waals surface area contributed by atoms with E-state index in [4.69, 9.17) is 5.10 Å². The topological polar surface area (TPSA) is 98.0 Å². The first-order valence-electron chi connectivity index (χ1n) is 14.5. The standard InChI is InChI=1S/C32H23F5N6O3/c33-21-22(34)24(36)29(25(37)23(21)35)42-31(45)27-30(32(42)46)41(40-38-27)15-20(44)43-28(17-10-5-2-6-11-17)19-13-7-12-18(26(19)39-43)14-16-8-3-1-4-9-16/h1-6,8-11,14,19,27-28,30H,7,12-13,15H2/b18-14+/t19-,27+,28-,30-/m1/s1. The van der Waals surface area contributed by atoms with E-state index in [2.05, 4.69) is 10.3 Å². The number of nitrogens with zero attached hydrogens (tertiary/aromatic N) is 6. The average Bonchev–Trinajstić information content (AvgIpc) is 3.74. The van der Waals surface area contributed by atoms with Gasteiger partial charge in [0, 0.05) is 5.92 Å². The maximum absolute atomic E-state index is 14.6. The molecule has 14 heteroatoms. The molecule has 1 saturated heterocycles. The molecule has 3 aromatic carbocycles. The molecule has 4 atom stereocenters. The fourth-order valence-corrected chi connectivity index (χ4v) is 6.52. The lowest BCUT2D eigenvalue weighted by molar-refractivity contribution is -0.136. The van der Waals surface area contributed by atoms with Gasteiger partial charge in [0.2, 0.25) is 5.82 Å². The maximum Gasteiger partial charge on any atom is 0.264 e. The largest absolute Gasteiger partial charge is 0.271 e. The molecule has 0 N–H and O–H groups in total. The van der Waals surface area contributed by atoms with E-state index in [9.17, 15) is 36.3 Å². The van der Waals surface area contributed by atoms with Gasteiger partial charge in [-0.3, -0.25) is 19.4 Å². The fourth-order valence-electron chi connectivity index (χ4n) is 6.52. The predicted octanol–water partition coefficient (Wildman–Crippen LogP) is 5.50. The fraction of sp³-hybridized carbons (Fsp3) is 0.250. The van der Waals surface area contributed by atoms with E-state index >= 15 is 0 Å². The molecule has 3 amide bonds. The van der Waals surface area contributed by atoms with E-state index in [1.807, 2.05) is 66.7 Å². The second-order valence-corrected chi connectivity index (χ2v) is 11.3. The van der Waals surface area contributed by atoms with E-state index in [1.165, 1.54) is 5.01 Å². The number of halogens is 5. The van der Waals surface area contributed by atoms with Crippen LogP contribution in [-0.2, 0) is 14.4 Å². The molecule has 1 saturated carbocycles. The van der Waals surface area contributed by atoms with Crippen LogP contribution in [0.25, 0.3) is 6.08 Å². The maximum atomic E-state index is 14.6. The minimum Gasteiger partial charge on any atom is -0.271 e. The molecule has 1 aliphatic carbocycles. The van der Waals surface area contributed by atoms with Gasteiger partial charge in [-0.1, -0.05) is 65.9 Å². The Labute approximate surface area is 258 Å². The van der Waals surface area contributed by atoms with Crippen LogP contribution >= 0.6 is 0 Å². The SMILES string of the molecule is O=C1[C@H]2N=NN(CC(=O)N3N=C4/C(=C/c5ccccc5)CCC[C@H]4[C@H]3c3ccccc3)[C@H]2C(=O)N1c1c(F)c(F)c(F)c(F)c1F. The van der Waals surface area contributed by atoms with Gasteiger partial charge >= 0.3 is 0 Å². The molecule has 7 rings (SSSR count). The third kappa shape index (κ3) is 4.58. The van der Waals surface area contributed by atoms with Crippen LogP contribution in [0.15, 0.2) is 81.7 Å². The summed E-state index contributed by atoms with van der Waals surface area (Å²) in [4.78, 5) is 40.2. The van der Waals surface area contributed by atoms with Crippen LogP contribution < -0.4 is 4.90 Å². The number of fused-ring (bicyclic) bond motifs is 2. The predicted molar refractivity (Wildman–Crippen MR) is 153 cm³/mol. The summed E-state index contributed by atoms with van der Waals surface area (Å²) in [5, 5.41) is 14.5. The molecule has 0 unspecified atom stereocenters.